The molecule has 0 bridgehead atoms. The van der Waals surface area contributed by atoms with Crippen LogP contribution in [0.2, 0.25) is 0 Å². The van der Waals surface area contributed by atoms with Crippen molar-refractivity contribution < 1.29 is 9.53 Å². The number of benzene rings is 2. The zero-order valence-corrected chi connectivity index (χ0v) is 15.6. The largest absolute Gasteiger partial charge is 0.497 e. The van der Waals surface area contributed by atoms with E-state index in [1.165, 1.54) is 0 Å². The van der Waals surface area contributed by atoms with Gasteiger partial charge in [-0.3, -0.25) is 9.78 Å². The molecule has 1 aliphatic heterocycles. The van der Waals surface area contributed by atoms with Gasteiger partial charge in [-0.25, -0.2) is 5.01 Å². The first-order valence-corrected chi connectivity index (χ1v) is 8.95. The number of amides is 1. The van der Waals surface area contributed by atoms with Crippen LogP contribution in [0.5, 0.6) is 5.75 Å². The molecule has 5 heteroatoms. The fourth-order valence-electron chi connectivity index (χ4n) is 3.55. The summed E-state index contributed by atoms with van der Waals surface area (Å²) in [5.74, 6) is 0.721. The number of aryl methyl sites for hydroxylation is 1. The van der Waals surface area contributed by atoms with Crippen molar-refractivity contribution in [3.05, 3.63) is 71.4 Å². The molecule has 2 aromatic carbocycles. The molecule has 0 N–H and O–H groups in total. The number of pyridine rings is 1. The molecule has 1 unspecified atom stereocenters. The van der Waals surface area contributed by atoms with E-state index in [1.807, 2.05) is 55.5 Å². The van der Waals surface area contributed by atoms with Crippen LogP contribution in [0.4, 0.5) is 0 Å². The predicted molar refractivity (Wildman–Crippen MR) is 106 cm³/mol. The Morgan fingerprint density at radius 1 is 1.15 bits per heavy atom. The lowest BCUT2D eigenvalue weighted by atomic mass is 9.97. The number of ether oxygens (including phenoxy) is 1. The average Bonchev–Trinajstić information content (AvgIpc) is 3.13. The normalized spacial score (nSPS) is 16.5. The molecule has 4 rings (SSSR count). The smallest absolute Gasteiger partial charge is 0.240 e. The van der Waals surface area contributed by atoms with Gasteiger partial charge in [0.1, 0.15) is 5.75 Å². The molecule has 3 aromatic rings. The van der Waals surface area contributed by atoms with Gasteiger partial charge in [-0.1, -0.05) is 30.3 Å². The maximum absolute atomic E-state index is 12.2. The van der Waals surface area contributed by atoms with Gasteiger partial charge < -0.3 is 4.74 Å². The van der Waals surface area contributed by atoms with E-state index in [4.69, 9.17) is 9.72 Å². The molecule has 1 atom stereocenters. The van der Waals surface area contributed by atoms with Crippen LogP contribution in [-0.4, -0.2) is 28.7 Å². The topological polar surface area (TPSA) is 54.8 Å². The van der Waals surface area contributed by atoms with E-state index in [-0.39, 0.29) is 11.9 Å². The van der Waals surface area contributed by atoms with Gasteiger partial charge in [0.15, 0.2) is 0 Å². The van der Waals surface area contributed by atoms with Gasteiger partial charge in [0.05, 0.1) is 24.4 Å². The zero-order chi connectivity index (χ0) is 19.0. The highest BCUT2D eigenvalue weighted by atomic mass is 16.5. The molecule has 1 aliphatic rings. The summed E-state index contributed by atoms with van der Waals surface area (Å²) in [6.45, 7) is 3.54. The zero-order valence-electron chi connectivity index (χ0n) is 15.6. The third-order valence-electron chi connectivity index (χ3n) is 4.96. The van der Waals surface area contributed by atoms with Crippen LogP contribution in [0.1, 0.15) is 36.2 Å². The molecule has 136 valence electrons. The molecule has 0 saturated heterocycles. The monoisotopic (exact) mass is 359 g/mol. The molecule has 27 heavy (non-hydrogen) atoms. The van der Waals surface area contributed by atoms with Crippen molar-refractivity contribution >= 4 is 22.5 Å². The van der Waals surface area contributed by atoms with Gasteiger partial charge in [-0.2, -0.15) is 5.10 Å². The summed E-state index contributed by atoms with van der Waals surface area (Å²) in [4.78, 5) is 16.9. The number of para-hydroxylation sites is 1. The first-order valence-electron chi connectivity index (χ1n) is 8.95. The second-order valence-electron chi connectivity index (χ2n) is 6.72. The van der Waals surface area contributed by atoms with E-state index in [0.29, 0.717) is 6.42 Å². The van der Waals surface area contributed by atoms with Gasteiger partial charge in [0.25, 0.3) is 0 Å². The summed E-state index contributed by atoms with van der Waals surface area (Å²) >= 11 is 0. The number of hydrazone groups is 1. The summed E-state index contributed by atoms with van der Waals surface area (Å²) in [6.07, 6.45) is 0.659. The van der Waals surface area contributed by atoms with Crippen LogP contribution < -0.4 is 4.74 Å². The molecule has 5 nitrogen and oxygen atoms in total. The average molecular weight is 359 g/mol. The SMILES string of the molecule is COc1ccc(C2CC(c3cc4ccccc4nc3C)=NN2C(C)=O)cc1. The van der Waals surface area contributed by atoms with Crippen molar-refractivity contribution in [3.8, 4) is 5.75 Å². The highest BCUT2D eigenvalue weighted by Gasteiger charge is 2.32. The van der Waals surface area contributed by atoms with E-state index in [1.54, 1.807) is 19.0 Å². The molecule has 0 saturated carbocycles. The summed E-state index contributed by atoms with van der Waals surface area (Å²) in [7, 11) is 1.64. The first-order chi connectivity index (χ1) is 13.1. The van der Waals surface area contributed by atoms with Gasteiger partial charge >= 0.3 is 0 Å². The number of hydrogen-bond donors (Lipinski definition) is 0. The van der Waals surface area contributed by atoms with Gasteiger partial charge in [0, 0.05) is 30.0 Å². The molecule has 0 aliphatic carbocycles. The number of nitrogens with zero attached hydrogens (tertiary/aromatic N) is 3. The molecule has 0 fully saturated rings. The van der Waals surface area contributed by atoms with Crippen LogP contribution in [0.15, 0.2) is 59.7 Å². The molecular weight excluding hydrogens is 338 g/mol. The Balaban J connectivity index is 1.73. The number of hydrogen-bond acceptors (Lipinski definition) is 4. The molecule has 0 radical (unpaired) electrons. The lowest BCUT2D eigenvalue weighted by Gasteiger charge is -2.20. The van der Waals surface area contributed by atoms with Crippen LogP contribution in [0.3, 0.4) is 0 Å². The van der Waals surface area contributed by atoms with Crippen molar-refractivity contribution in [2.75, 3.05) is 7.11 Å². The second-order valence-corrected chi connectivity index (χ2v) is 6.72. The van der Waals surface area contributed by atoms with Gasteiger partial charge in [-0.05, 0) is 36.8 Å². The third kappa shape index (κ3) is 3.16. The summed E-state index contributed by atoms with van der Waals surface area (Å²) in [5.41, 5.74) is 4.81. The quantitative estimate of drug-likeness (QED) is 0.702. The van der Waals surface area contributed by atoms with E-state index >= 15 is 0 Å². The van der Waals surface area contributed by atoms with E-state index in [2.05, 4.69) is 11.2 Å². The minimum absolute atomic E-state index is 0.0720. The number of methoxy groups -OCH3 is 1. The Bertz CT molecular complexity index is 1040. The lowest BCUT2D eigenvalue weighted by Crippen LogP contribution is -2.24. The molecule has 2 heterocycles. The van der Waals surface area contributed by atoms with Crippen molar-refractivity contribution in [1.82, 2.24) is 9.99 Å². The van der Waals surface area contributed by atoms with Crippen LogP contribution in [0.25, 0.3) is 10.9 Å². The predicted octanol–water partition coefficient (Wildman–Crippen LogP) is 4.25. The summed E-state index contributed by atoms with van der Waals surface area (Å²) in [6, 6.07) is 17.8. The highest BCUT2D eigenvalue weighted by molar-refractivity contribution is 6.05. The summed E-state index contributed by atoms with van der Waals surface area (Å²) < 4.78 is 5.24. The number of rotatable bonds is 3. The number of fused-ring (bicyclic) bond motifs is 1. The van der Waals surface area contributed by atoms with Crippen molar-refractivity contribution in [2.24, 2.45) is 5.10 Å². The van der Waals surface area contributed by atoms with Crippen LogP contribution >= 0.6 is 0 Å². The number of carbonyl (C=O) groups is 1. The minimum Gasteiger partial charge on any atom is -0.497 e. The standard InChI is InChI=1S/C22H21N3O2/c1-14-19(12-17-6-4-5-7-20(17)23-14)21-13-22(25(24-21)15(2)26)16-8-10-18(27-3)11-9-16/h4-12,22H,13H2,1-3H3. The molecule has 1 amide bonds. The number of aromatic nitrogens is 1. The first kappa shape index (κ1) is 17.2. The van der Waals surface area contributed by atoms with Crippen molar-refractivity contribution in [2.45, 2.75) is 26.3 Å². The van der Waals surface area contributed by atoms with E-state index in [0.717, 1.165) is 39.2 Å². The lowest BCUT2D eigenvalue weighted by molar-refractivity contribution is -0.130. The Kier molecular flexibility index (Phi) is 4.36. The second kappa shape index (κ2) is 6.83. The maximum atomic E-state index is 12.2. The Labute approximate surface area is 158 Å². The van der Waals surface area contributed by atoms with E-state index < -0.39 is 0 Å². The Morgan fingerprint density at radius 2 is 1.89 bits per heavy atom. The van der Waals surface area contributed by atoms with Crippen molar-refractivity contribution in [3.63, 3.8) is 0 Å². The van der Waals surface area contributed by atoms with E-state index in [9.17, 15) is 4.79 Å². The fourth-order valence-corrected chi connectivity index (χ4v) is 3.55. The number of carbonyl (C=O) groups excluding carboxylic acids is 1. The minimum atomic E-state index is -0.116. The fraction of sp³-hybridized carbons (Fsp3) is 0.227. The van der Waals surface area contributed by atoms with Crippen molar-refractivity contribution in [1.29, 1.82) is 0 Å². The molecule has 0 spiro atoms. The maximum Gasteiger partial charge on any atom is 0.240 e. The molecular formula is C22H21N3O2. The Morgan fingerprint density at radius 3 is 2.59 bits per heavy atom. The Hall–Kier alpha value is -3.21. The highest BCUT2D eigenvalue weighted by Crippen LogP contribution is 2.34. The molecule has 1 aromatic heterocycles. The summed E-state index contributed by atoms with van der Waals surface area (Å²) in [5, 5.41) is 7.30. The van der Waals surface area contributed by atoms with Gasteiger partial charge in [0.2, 0.25) is 5.91 Å². The third-order valence-corrected chi connectivity index (χ3v) is 4.96. The van der Waals surface area contributed by atoms with Gasteiger partial charge in [-0.15, -0.1) is 0 Å². The van der Waals surface area contributed by atoms with Crippen LogP contribution in [0, 0.1) is 6.92 Å². The van der Waals surface area contributed by atoms with Crippen LogP contribution in [-0.2, 0) is 4.79 Å².